The van der Waals surface area contributed by atoms with Crippen LogP contribution in [0, 0.1) is 0 Å². The number of carbonyl (C=O) groups excluding carboxylic acids is 1. The Morgan fingerprint density at radius 2 is 1.88 bits per heavy atom. The summed E-state index contributed by atoms with van der Waals surface area (Å²) in [5.41, 5.74) is -3.39. The van der Waals surface area contributed by atoms with Crippen LogP contribution in [0.1, 0.15) is 22.3 Å². The van der Waals surface area contributed by atoms with Gasteiger partial charge >= 0.3 is 5.51 Å². The third-order valence-corrected chi connectivity index (χ3v) is 4.11. The Morgan fingerprint density at radius 3 is 2.62 bits per heavy atom. The van der Waals surface area contributed by atoms with Crippen LogP contribution < -0.4 is 5.32 Å². The zero-order valence-corrected chi connectivity index (χ0v) is 14.8. The maximum atomic E-state index is 12.5. The van der Waals surface area contributed by atoms with Gasteiger partial charge in [-0.25, -0.2) is 4.98 Å². The number of aromatic nitrogens is 1. The molecule has 0 atom stereocenters. The minimum absolute atomic E-state index is 0.0835. The van der Waals surface area contributed by atoms with Crippen LogP contribution in [0.2, 0.25) is 0 Å². The van der Waals surface area contributed by atoms with Gasteiger partial charge in [0.25, 0.3) is 5.91 Å². The standard InChI is InChI=1S/C18H19F3N2O2S/c19-18(20,21)26-17-15(8-4-10-23-17)16(24)22-11-5-12-25-13-9-14-6-2-1-3-7-14/h1-4,6-8,10H,5,9,11-13H2,(H,22,24). The summed E-state index contributed by atoms with van der Waals surface area (Å²) in [7, 11) is 0. The van der Waals surface area contributed by atoms with Crippen molar-refractivity contribution in [1.82, 2.24) is 10.3 Å². The lowest BCUT2D eigenvalue weighted by atomic mass is 10.2. The van der Waals surface area contributed by atoms with Gasteiger partial charge in [0.15, 0.2) is 0 Å². The van der Waals surface area contributed by atoms with Crippen molar-refractivity contribution in [2.45, 2.75) is 23.4 Å². The molecule has 0 bridgehead atoms. The van der Waals surface area contributed by atoms with Crippen LogP contribution in [0.25, 0.3) is 0 Å². The number of nitrogens with one attached hydrogen (secondary N) is 1. The summed E-state index contributed by atoms with van der Waals surface area (Å²) >= 11 is -0.393. The molecule has 1 aromatic heterocycles. The molecule has 1 heterocycles. The van der Waals surface area contributed by atoms with E-state index >= 15 is 0 Å². The molecule has 0 fully saturated rings. The summed E-state index contributed by atoms with van der Waals surface area (Å²) in [5.74, 6) is -0.575. The van der Waals surface area contributed by atoms with Crippen molar-refractivity contribution in [2.75, 3.05) is 19.8 Å². The number of thioether (sulfide) groups is 1. The lowest BCUT2D eigenvalue weighted by Gasteiger charge is -2.10. The number of ether oxygens (including phenoxy) is 1. The van der Waals surface area contributed by atoms with Crippen molar-refractivity contribution in [2.24, 2.45) is 0 Å². The summed E-state index contributed by atoms with van der Waals surface area (Å²) in [4.78, 5) is 15.7. The Balaban J connectivity index is 1.67. The van der Waals surface area contributed by atoms with E-state index in [0.29, 0.717) is 26.2 Å². The fourth-order valence-corrected chi connectivity index (χ4v) is 2.77. The molecule has 1 aromatic carbocycles. The monoisotopic (exact) mass is 384 g/mol. The van der Waals surface area contributed by atoms with Crippen LogP contribution in [0.15, 0.2) is 53.7 Å². The van der Waals surface area contributed by atoms with E-state index in [1.165, 1.54) is 23.9 Å². The van der Waals surface area contributed by atoms with Crippen molar-refractivity contribution < 1.29 is 22.7 Å². The Morgan fingerprint density at radius 1 is 1.12 bits per heavy atom. The lowest BCUT2D eigenvalue weighted by Crippen LogP contribution is -2.26. The topological polar surface area (TPSA) is 51.2 Å². The number of alkyl halides is 3. The van der Waals surface area contributed by atoms with Crippen molar-refractivity contribution in [3.63, 3.8) is 0 Å². The average molecular weight is 384 g/mol. The molecule has 0 saturated heterocycles. The Bertz CT molecular complexity index is 696. The van der Waals surface area contributed by atoms with Gasteiger partial charge in [-0.1, -0.05) is 30.3 Å². The molecule has 0 spiro atoms. The van der Waals surface area contributed by atoms with Gasteiger partial charge < -0.3 is 10.1 Å². The number of carbonyl (C=O) groups is 1. The highest BCUT2D eigenvalue weighted by Crippen LogP contribution is 2.37. The zero-order valence-electron chi connectivity index (χ0n) is 14.0. The summed E-state index contributed by atoms with van der Waals surface area (Å²) < 4.78 is 43.0. The predicted octanol–water partition coefficient (Wildman–Crippen LogP) is 4.07. The summed E-state index contributed by atoms with van der Waals surface area (Å²) in [6.07, 6.45) is 2.61. The summed E-state index contributed by atoms with van der Waals surface area (Å²) in [6, 6.07) is 12.7. The molecule has 1 amide bonds. The van der Waals surface area contributed by atoms with Crippen molar-refractivity contribution >= 4 is 17.7 Å². The third kappa shape index (κ3) is 7.45. The van der Waals surface area contributed by atoms with Crippen LogP contribution in [0.5, 0.6) is 0 Å². The summed E-state index contributed by atoms with van der Waals surface area (Å²) in [5, 5.41) is 2.24. The largest absolute Gasteiger partial charge is 0.447 e. The maximum absolute atomic E-state index is 12.5. The first-order valence-corrected chi connectivity index (χ1v) is 8.88. The second kappa shape index (κ2) is 10.2. The van der Waals surface area contributed by atoms with Crippen LogP contribution in [0.3, 0.4) is 0 Å². The molecule has 1 N–H and O–H groups in total. The van der Waals surface area contributed by atoms with Gasteiger partial charge in [-0.2, -0.15) is 13.2 Å². The minimum atomic E-state index is -4.49. The molecule has 0 unspecified atom stereocenters. The number of hydrogen-bond donors (Lipinski definition) is 1. The van der Waals surface area contributed by atoms with E-state index in [1.54, 1.807) is 0 Å². The van der Waals surface area contributed by atoms with Crippen molar-refractivity contribution in [3.8, 4) is 0 Å². The molecule has 0 saturated carbocycles. The van der Waals surface area contributed by atoms with Crippen molar-refractivity contribution in [1.29, 1.82) is 0 Å². The first-order chi connectivity index (χ1) is 12.5. The first kappa shape index (κ1) is 20.3. The molecular formula is C18H19F3N2O2S. The fourth-order valence-electron chi connectivity index (χ4n) is 2.16. The molecule has 0 aliphatic rings. The van der Waals surface area contributed by atoms with Gasteiger partial charge in [-0.15, -0.1) is 0 Å². The second-order valence-corrected chi connectivity index (χ2v) is 6.42. The zero-order chi connectivity index (χ0) is 18.8. The molecule has 4 nitrogen and oxygen atoms in total. The van der Waals surface area contributed by atoms with Crippen LogP contribution in [-0.2, 0) is 11.2 Å². The highest BCUT2D eigenvalue weighted by molar-refractivity contribution is 8.00. The lowest BCUT2D eigenvalue weighted by molar-refractivity contribution is -0.0329. The van der Waals surface area contributed by atoms with E-state index in [1.807, 2.05) is 30.3 Å². The first-order valence-electron chi connectivity index (χ1n) is 8.06. The number of pyridine rings is 1. The van der Waals surface area contributed by atoms with Gasteiger partial charge in [0.05, 0.1) is 12.2 Å². The third-order valence-electron chi connectivity index (χ3n) is 3.36. The van der Waals surface area contributed by atoms with E-state index in [0.717, 1.165) is 6.42 Å². The number of nitrogens with zero attached hydrogens (tertiary/aromatic N) is 1. The molecule has 8 heteroatoms. The van der Waals surface area contributed by atoms with E-state index < -0.39 is 23.2 Å². The molecule has 26 heavy (non-hydrogen) atoms. The van der Waals surface area contributed by atoms with Gasteiger partial charge in [-0.05, 0) is 30.5 Å². The summed E-state index contributed by atoms with van der Waals surface area (Å²) in [6.45, 7) is 1.35. The van der Waals surface area contributed by atoms with Gasteiger partial charge in [0.2, 0.25) is 0 Å². The van der Waals surface area contributed by atoms with Crippen LogP contribution in [-0.4, -0.2) is 36.2 Å². The van der Waals surface area contributed by atoms with Crippen LogP contribution >= 0.6 is 11.8 Å². The maximum Gasteiger partial charge on any atom is 0.447 e. The van der Waals surface area contributed by atoms with E-state index in [-0.39, 0.29) is 10.6 Å². The number of hydrogen-bond acceptors (Lipinski definition) is 4. The molecule has 0 radical (unpaired) electrons. The molecular weight excluding hydrogens is 365 g/mol. The normalized spacial score (nSPS) is 11.3. The highest BCUT2D eigenvalue weighted by Gasteiger charge is 2.32. The quantitative estimate of drug-likeness (QED) is 0.523. The average Bonchev–Trinajstić information content (AvgIpc) is 2.60. The van der Waals surface area contributed by atoms with Gasteiger partial charge in [0, 0.05) is 31.1 Å². The molecule has 0 aliphatic carbocycles. The molecule has 2 rings (SSSR count). The minimum Gasteiger partial charge on any atom is -0.381 e. The molecule has 2 aromatic rings. The highest BCUT2D eigenvalue weighted by atomic mass is 32.2. The predicted molar refractivity (Wildman–Crippen MR) is 94.1 cm³/mol. The number of rotatable bonds is 9. The van der Waals surface area contributed by atoms with Gasteiger partial charge in [-0.3, -0.25) is 4.79 Å². The van der Waals surface area contributed by atoms with E-state index in [4.69, 9.17) is 4.74 Å². The fraction of sp³-hybridized carbons (Fsp3) is 0.333. The number of halogens is 3. The molecule has 0 aliphatic heterocycles. The van der Waals surface area contributed by atoms with E-state index in [2.05, 4.69) is 10.3 Å². The number of benzene rings is 1. The van der Waals surface area contributed by atoms with Crippen LogP contribution in [0.4, 0.5) is 13.2 Å². The SMILES string of the molecule is O=C(NCCCOCCc1ccccc1)c1cccnc1SC(F)(F)F. The van der Waals surface area contributed by atoms with Crippen molar-refractivity contribution in [3.05, 3.63) is 59.8 Å². The number of amides is 1. The molecule has 140 valence electrons. The smallest absolute Gasteiger partial charge is 0.381 e. The Labute approximate surface area is 154 Å². The van der Waals surface area contributed by atoms with Gasteiger partial charge in [0.1, 0.15) is 5.03 Å². The Kier molecular flexibility index (Phi) is 7.93. The Hall–Kier alpha value is -2.06. The second-order valence-electron chi connectivity index (χ2n) is 5.36. The van der Waals surface area contributed by atoms with E-state index in [9.17, 15) is 18.0 Å².